The summed E-state index contributed by atoms with van der Waals surface area (Å²) in [5.74, 6) is 1.27. The fraction of sp³-hybridized carbons (Fsp3) is 0.128. The van der Waals surface area contributed by atoms with Crippen molar-refractivity contribution in [2.75, 3.05) is 0 Å². The summed E-state index contributed by atoms with van der Waals surface area (Å²) in [5.41, 5.74) is 13.5. The first-order valence-corrected chi connectivity index (χ1v) is 17.7. The van der Waals surface area contributed by atoms with Crippen LogP contribution in [0.4, 0.5) is 0 Å². The molecule has 0 bridgehead atoms. The first kappa shape index (κ1) is 29.0. The Kier molecular flexibility index (Phi) is 6.26. The minimum atomic E-state index is -0.100. The van der Waals surface area contributed by atoms with Crippen LogP contribution in [0.2, 0.25) is 0 Å². The molecule has 0 spiro atoms. The zero-order valence-electron chi connectivity index (χ0n) is 28.6. The van der Waals surface area contributed by atoms with Crippen molar-refractivity contribution in [1.82, 2.24) is 9.13 Å². The second-order valence-corrected chi connectivity index (χ2v) is 14.4. The monoisotopic (exact) mass is 643 g/mol. The van der Waals surface area contributed by atoms with Gasteiger partial charge in [0.25, 0.3) is 0 Å². The van der Waals surface area contributed by atoms with Gasteiger partial charge in [0.15, 0.2) is 0 Å². The van der Waals surface area contributed by atoms with Gasteiger partial charge in [0.05, 0.1) is 33.5 Å². The molecule has 0 saturated heterocycles. The minimum Gasteiger partial charge on any atom is -0.309 e. The van der Waals surface area contributed by atoms with Gasteiger partial charge in [0.1, 0.15) is 5.82 Å². The number of fused-ring (bicyclic) bond motifs is 8. The quantitative estimate of drug-likeness (QED) is 0.183. The molecule has 4 heterocycles. The van der Waals surface area contributed by atoms with Crippen molar-refractivity contribution in [3.63, 3.8) is 0 Å². The average Bonchev–Trinajstić information content (AvgIpc) is 3.65. The minimum absolute atomic E-state index is 0.100. The maximum Gasteiger partial charge on any atom is 0.134 e. The predicted octanol–water partition coefficient (Wildman–Crippen LogP) is 11.9. The van der Waals surface area contributed by atoms with Crippen LogP contribution < -0.4 is 0 Å². The van der Waals surface area contributed by atoms with Crippen LogP contribution >= 0.6 is 0 Å². The van der Waals surface area contributed by atoms with Crippen molar-refractivity contribution in [3.05, 3.63) is 174 Å². The van der Waals surface area contributed by atoms with Gasteiger partial charge in [-0.2, -0.15) is 0 Å². The van der Waals surface area contributed by atoms with Crippen LogP contribution in [0.1, 0.15) is 49.4 Å². The van der Waals surface area contributed by atoms with Crippen LogP contribution in [0, 0.1) is 5.92 Å². The van der Waals surface area contributed by atoms with Crippen molar-refractivity contribution in [2.24, 2.45) is 10.9 Å². The van der Waals surface area contributed by atoms with Gasteiger partial charge in [0, 0.05) is 32.5 Å². The molecule has 0 N–H and O–H groups in total. The van der Waals surface area contributed by atoms with Gasteiger partial charge < -0.3 is 4.57 Å². The molecule has 10 rings (SSSR count). The Balaban J connectivity index is 1.28. The zero-order valence-corrected chi connectivity index (χ0v) is 28.6. The molecular weight excluding hydrogens is 607 g/mol. The van der Waals surface area contributed by atoms with E-state index in [9.17, 15) is 0 Å². The Morgan fingerprint density at radius 1 is 0.580 bits per heavy atom. The first-order valence-electron chi connectivity index (χ1n) is 17.7. The van der Waals surface area contributed by atoms with Crippen molar-refractivity contribution in [1.29, 1.82) is 0 Å². The topological polar surface area (TPSA) is 22.2 Å². The highest BCUT2D eigenvalue weighted by Gasteiger charge is 2.35. The lowest BCUT2D eigenvalue weighted by Crippen LogP contribution is -2.26. The molecule has 6 aromatic carbocycles. The van der Waals surface area contributed by atoms with Gasteiger partial charge in [-0.15, -0.1) is 0 Å². The van der Waals surface area contributed by atoms with Crippen LogP contribution in [0.5, 0.6) is 0 Å². The SMILES string of the molecule is CC1C/C=C(n2c3ccccc3c3cc4c(cc32)c2cccc3c2n4-c2ccccc2C3(C)C)/N=C(c2ccccc2)/C=C\1c1ccccc1. The molecule has 3 nitrogen and oxygen atoms in total. The Morgan fingerprint density at radius 3 is 2.00 bits per heavy atom. The van der Waals surface area contributed by atoms with Crippen molar-refractivity contribution in [3.8, 4) is 5.69 Å². The lowest BCUT2D eigenvalue weighted by molar-refractivity contribution is 0.630. The van der Waals surface area contributed by atoms with E-state index in [0.717, 1.165) is 23.5 Å². The van der Waals surface area contributed by atoms with Gasteiger partial charge >= 0.3 is 0 Å². The molecule has 2 aliphatic rings. The van der Waals surface area contributed by atoms with E-state index < -0.39 is 0 Å². The molecule has 3 heteroatoms. The number of aromatic nitrogens is 2. The lowest BCUT2D eigenvalue weighted by Gasteiger charge is -2.34. The number of allylic oxidation sites excluding steroid dienone is 3. The van der Waals surface area contributed by atoms with Crippen LogP contribution in [-0.2, 0) is 5.41 Å². The van der Waals surface area contributed by atoms with Crippen LogP contribution in [-0.4, -0.2) is 14.8 Å². The largest absolute Gasteiger partial charge is 0.309 e. The summed E-state index contributed by atoms with van der Waals surface area (Å²) in [5, 5.41) is 5.04. The zero-order chi connectivity index (χ0) is 33.6. The number of rotatable bonds is 3. The highest BCUT2D eigenvalue weighted by molar-refractivity contribution is 6.21. The summed E-state index contributed by atoms with van der Waals surface area (Å²) in [6.07, 6.45) is 5.55. The number of aliphatic imine (C=N–C) groups is 1. The van der Waals surface area contributed by atoms with Crippen molar-refractivity contribution >= 4 is 60.7 Å². The molecule has 1 atom stereocenters. The molecular formula is C47H37N3. The van der Waals surface area contributed by atoms with Gasteiger partial charge in [-0.3, -0.25) is 4.57 Å². The maximum atomic E-state index is 5.55. The van der Waals surface area contributed by atoms with Gasteiger partial charge in [-0.1, -0.05) is 136 Å². The third-order valence-electron chi connectivity index (χ3n) is 11.2. The summed E-state index contributed by atoms with van der Waals surface area (Å²) in [6, 6.07) is 50.9. The third-order valence-corrected chi connectivity index (χ3v) is 11.2. The number of hydrogen-bond donors (Lipinski definition) is 0. The van der Waals surface area contributed by atoms with Crippen LogP contribution in [0.3, 0.4) is 0 Å². The van der Waals surface area contributed by atoms with Crippen LogP contribution in [0.25, 0.3) is 60.7 Å². The average molecular weight is 644 g/mol. The molecule has 8 aromatic rings. The fourth-order valence-electron chi connectivity index (χ4n) is 8.67. The molecule has 2 aromatic heterocycles. The number of para-hydroxylation sites is 3. The van der Waals surface area contributed by atoms with Crippen molar-refractivity contribution < 1.29 is 0 Å². The Morgan fingerprint density at radius 2 is 1.20 bits per heavy atom. The van der Waals surface area contributed by atoms with Gasteiger partial charge in [0.2, 0.25) is 0 Å². The number of nitrogens with zero attached hydrogens (tertiary/aromatic N) is 3. The van der Waals surface area contributed by atoms with E-state index in [2.05, 4.69) is 182 Å². The first-order chi connectivity index (χ1) is 24.5. The van der Waals surface area contributed by atoms with E-state index in [1.165, 1.54) is 71.6 Å². The molecule has 0 fully saturated rings. The second-order valence-electron chi connectivity index (χ2n) is 14.4. The molecule has 240 valence electrons. The lowest BCUT2D eigenvalue weighted by atomic mass is 9.75. The predicted molar refractivity (Wildman–Crippen MR) is 211 cm³/mol. The summed E-state index contributed by atoms with van der Waals surface area (Å²) >= 11 is 0. The molecule has 50 heavy (non-hydrogen) atoms. The summed E-state index contributed by atoms with van der Waals surface area (Å²) in [4.78, 5) is 5.55. The molecule has 1 unspecified atom stereocenters. The molecule has 0 saturated carbocycles. The van der Waals surface area contributed by atoms with E-state index in [0.29, 0.717) is 5.92 Å². The summed E-state index contributed by atoms with van der Waals surface area (Å²) < 4.78 is 4.93. The van der Waals surface area contributed by atoms with E-state index >= 15 is 0 Å². The Hall–Kier alpha value is -5.93. The normalized spacial score (nSPS) is 20.1. The Labute approximate surface area is 292 Å². The Bertz CT molecular complexity index is 2750. The highest BCUT2D eigenvalue weighted by atomic mass is 15.1. The number of hydrogen-bond acceptors (Lipinski definition) is 1. The standard InChI is InChI=1S/C47H37N3/c1-30-25-26-45(48-40(32-17-8-5-9-18-32)27-35(30)31-15-6-4-7-16-31)49-41-23-12-10-19-33(41)36-28-44-37(29-43(36)49)34-20-14-22-39-46(34)50(44)42-24-13-11-21-38(42)47(39,2)3/h4-24,26-30H,25H2,1-3H3/b35-27+,45-26-,48-40-. The van der Waals surface area contributed by atoms with E-state index in [1.54, 1.807) is 0 Å². The molecule has 0 radical (unpaired) electrons. The van der Waals surface area contributed by atoms with Crippen molar-refractivity contribution in [2.45, 2.75) is 32.6 Å². The summed E-state index contributed by atoms with van der Waals surface area (Å²) in [6.45, 7) is 7.06. The third kappa shape index (κ3) is 4.13. The van der Waals surface area contributed by atoms with Gasteiger partial charge in [-0.25, -0.2) is 4.99 Å². The second kappa shape index (κ2) is 10.8. The highest BCUT2D eigenvalue weighted by Crippen LogP contribution is 2.48. The smallest absolute Gasteiger partial charge is 0.134 e. The molecule has 0 amide bonds. The van der Waals surface area contributed by atoms with E-state index in [1.807, 2.05) is 0 Å². The van der Waals surface area contributed by atoms with Gasteiger partial charge in [-0.05, 0) is 71.0 Å². The van der Waals surface area contributed by atoms with Crippen LogP contribution in [0.15, 0.2) is 157 Å². The molecule has 2 aliphatic heterocycles. The summed E-state index contributed by atoms with van der Waals surface area (Å²) in [7, 11) is 0. The molecule has 0 aliphatic carbocycles. The number of benzene rings is 6. The maximum absolute atomic E-state index is 5.55. The fourth-order valence-corrected chi connectivity index (χ4v) is 8.67. The van der Waals surface area contributed by atoms with E-state index in [-0.39, 0.29) is 5.41 Å². The van der Waals surface area contributed by atoms with E-state index in [4.69, 9.17) is 4.99 Å².